The fraction of sp³-hybridized carbons (Fsp3) is 0.278. The van der Waals surface area contributed by atoms with Crippen LogP contribution in [0, 0.1) is 16.0 Å². The van der Waals surface area contributed by atoms with Gasteiger partial charge in [0.05, 0.1) is 16.2 Å². The SMILES string of the molecule is O=C(O)Cc1ccc2c(c1)CC(CNS(=O)(=O)c1ccc([N+](=O)[O-])cc1)C2. The molecule has 0 radical (unpaired) electrons. The van der Waals surface area contributed by atoms with Crippen LogP contribution in [0.3, 0.4) is 0 Å². The maximum atomic E-state index is 12.4. The first-order valence-electron chi connectivity index (χ1n) is 8.31. The summed E-state index contributed by atoms with van der Waals surface area (Å²) in [6, 6.07) is 10.3. The molecule has 0 saturated carbocycles. The first-order valence-corrected chi connectivity index (χ1v) is 9.79. The molecule has 0 saturated heterocycles. The second-order valence-corrected chi connectivity index (χ2v) is 8.32. The van der Waals surface area contributed by atoms with E-state index in [1.807, 2.05) is 12.1 Å². The first kappa shape index (κ1) is 19.0. The van der Waals surface area contributed by atoms with Gasteiger partial charge in [-0.15, -0.1) is 0 Å². The maximum Gasteiger partial charge on any atom is 0.307 e. The number of rotatable bonds is 7. The minimum atomic E-state index is -3.75. The van der Waals surface area contributed by atoms with Crippen molar-refractivity contribution in [2.45, 2.75) is 24.2 Å². The Morgan fingerprint density at radius 3 is 2.44 bits per heavy atom. The summed E-state index contributed by atoms with van der Waals surface area (Å²) in [5, 5.41) is 19.5. The van der Waals surface area contributed by atoms with Crippen LogP contribution in [0.2, 0.25) is 0 Å². The Hall–Kier alpha value is -2.78. The molecule has 9 heteroatoms. The van der Waals surface area contributed by atoms with Gasteiger partial charge in [-0.2, -0.15) is 0 Å². The van der Waals surface area contributed by atoms with Crippen LogP contribution in [0.15, 0.2) is 47.4 Å². The minimum Gasteiger partial charge on any atom is -0.481 e. The van der Waals surface area contributed by atoms with Gasteiger partial charge < -0.3 is 5.11 Å². The largest absolute Gasteiger partial charge is 0.481 e. The number of carboxylic acid groups (broad SMARTS) is 1. The Labute approximate surface area is 156 Å². The fourth-order valence-electron chi connectivity index (χ4n) is 3.25. The summed E-state index contributed by atoms with van der Waals surface area (Å²) in [7, 11) is -3.75. The van der Waals surface area contributed by atoms with Crippen LogP contribution in [0.4, 0.5) is 5.69 Å². The molecule has 27 heavy (non-hydrogen) atoms. The van der Waals surface area contributed by atoms with Gasteiger partial charge in [0.25, 0.3) is 5.69 Å². The molecular formula is C18H18N2O6S. The van der Waals surface area contributed by atoms with Gasteiger partial charge in [0.1, 0.15) is 0 Å². The van der Waals surface area contributed by atoms with E-state index in [0.717, 1.165) is 28.8 Å². The van der Waals surface area contributed by atoms with E-state index in [4.69, 9.17) is 5.11 Å². The quantitative estimate of drug-likeness (QED) is 0.549. The highest BCUT2D eigenvalue weighted by molar-refractivity contribution is 7.89. The highest BCUT2D eigenvalue weighted by Crippen LogP contribution is 2.28. The molecule has 2 aromatic carbocycles. The molecule has 0 aliphatic heterocycles. The number of carboxylic acids is 1. The van der Waals surface area contributed by atoms with E-state index in [9.17, 15) is 23.3 Å². The third kappa shape index (κ3) is 4.50. The van der Waals surface area contributed by atoms with Gasteiger partial charge in [0.15, 0.2) is 0 Å². The number of nitrogens with zero attached hydrogens (tertiary/aromatic N) is 1. The molecule has 0 amide bonds. The highest BCUT2D eigenvalue weighted by Gasteiger charge is 2.24. The minimum absolute atomic E-state index is 0.0210. The van der Waals surface area contributed by atoms with Crippen LogP contribution in [0.1, 0.15) is 16.7 Å². The first-order chi connectivity index (χ1) is 12.7. The molecular weight excluding hydrogens is 372 g/mol. The number of benzene rings is 2. The van der Waals surface area contributed by atoms with Gasteiger partial charge in [0.2, 0.25) is 10.0 Å². The average molecular weight is 390 g/mol. The van der Waals surface area contributed by atoms with E-state index >= 15 is 0 Å². The predicted octanol–water partition coefficient (Wildman–Crippen LogP) is 1.92. The van der Waals surface area contributed by atoms with Crippen molar-refractivity contribution < 1.29 is 23.2 Å². The molecule has 1 aliphatic rings. The van der Waals surface area contributed by atoms with Crippen LogP contribution in [-0.2, 0) is 34.1 Å². The summed E-state index contributed by atoms with van der Waals surface area (Å²) >= 11 is 0. The lowest BCUT2D eigenvalue weighted by molar-refractivity contribution is -0.384. The Bertz CT molecular complexity index is 985. The fourth-order valence-corrected chi connectivity index (χ4v) is 4.37. The molecule has 0 spiro atoms. The van der Waals surface area contributed by atoms with Crippen molar-refractivity contribution in [2.75, 3.05) is 6.54 Å². The highest BCUT2D eigenvalue weighted by atomic mass is 32.2. The summed E-state index contributed by atoms with van der Waals surface area (Å²) < 4.78 is 27.3. The number of nitrogens with one attached hydrogen (secondary N) is 1. The number of non-ortho nitro benzene ring substituents is 1. The number of carbonyl (C=O) groups is 1. The van der Waals surface area contributed by atoms with Gasteiger partial charge in [-0.1, -0.05) is 18.2 Å². The average Bonchev–Trinajstić information content (AvgIpc) is 3.02. The standard InChI is InChI=1S/C18H18N2O6S/c21-18(22)10-12-1-2-14-8-13(9-15(14)7-12)11-19-27(25,26)17-5-3-16(4-6-17)20(23)24/h1-7,13,19H,8-11H2,(H,21,22). The van der Waals surface area contributed by atoms with Crippen LogP contribution in [-0.4, -0.2) is 31.0 Å². The smallest absolute Gasteiger partial charge is 0.307 e. The van der Waals surface area contributed by atoms with E-state index in [0.29, 0.717) is 12.8 Å². The molecule has 0 bridgehead atoms. The number of hydrogen-bond acceptors (Lipinski definition) is 5. The van der Waals surface area contributed by atoms with Crippen LogP contribution in [0.25, 0.3) is 0 Å². The van der Waals surface area contributed by atoms with Crippen molar-refractivity contribution in [3.63, 3.8) is 0 Å². The van der Waals surface area contributed by atoms with Gasteiger partial charge in [-0.25, -0.2) is 13.1 Å². The van der Waals surface area contributed by atoms with Crippen molar-refractivity contribution in [3.05, 3.63) is 69.3 Å². The Kier molecular flexibility index (Phi) is 5.24. The van der Waals surface area contributed by atoms with E-state index in [1.165, 1.54) is 12.1 Å². The summed E-state index contributed by atoms with van der Waals surface area (Å²) in [5.41, 5.74) is 2.71. The maximum absolute atomic E-state index is 12.4. The number of fused-ring (bicyclic) bond motifs is 1. The van der Waals surface area contributed by atoms with Crippen LogP contribution < -0.4 is 4.72 Å². The molecule has 1 atom stereocenters. The number of nitro benzene ring substituents is 1. The predicted molar refractivity (Wildman–Crippen MR) is 97.0 cm³/mol. The second-order valence-electron chi connectivity index (χ2n) is 6.55. The zero-order chi connectivity index (χ0) is 19.6. The summed E-state index contributed by atoms with van der Waals surface area (Å²) in [6.45, 7) is 0.238. The van der Waals surface area contributed by atoms with Crippen molar-refractivity contribution in [1.29, 1.82) is 0 Å². The van der Waals surface area contributed by atoms with Crippen molar-refractivity contribution >= 4 is 21.7 Å². The monoisotopic (exact) mass is 390 g/mol. The Morgan fingerprint density at radius 1 is 1.15 bits per heavy atom. The molecule has 8 nitrogen and oxygen atoms in total. The van der Waals surface area contributed by atoms with Crippen molar-refractivity contribution in [1.82, 2.24) is 4.72 Å². The third-order valence-corrected chi connectivity index (χ3v) is 6.00. The molecule has 1 aliphatic carbocycles. The molecule has 2 aromatic rings. The Balaban J connectivity index is 1.63. The molecule has 2 N–H and O–H groups in total. The number of hydrogen-bond donors (Lipinski definition) is 2. The molecule has 0 fully saturated rings. The topological polar surface area (TPSA) is 127 Å². The van der Waals surface area contributed by atoms with E-state index in [-0.39, 0.29) is 29.5 Å². The lowest BCUT2D eigenvalue weighted by atomic mass is 10.0. The van der Waals surface area contributed by atoms with Crippen LogP contribution >= 0.6 is 0 Å². The molecule has 142 valence electrons. The summed E-state index contributed by atoms with van der Waals surface area (Å²) in [6.07, 6.45) is 1.35. The van der Waals surface area contributed by atoms with E-state index in [1.54, 1.807) is 6.07 Å². The van der Waals surface area contributed by atoms with Crippen molar-refractivity contribution in [3.8, 4) is 0 Å². The lowest BCUT2D eigenvalue weighted by Gasteiger charge is -2.11. The summed E-state index contributed by atoms with van der Waals surface area (Å²) in [5.74, 6) is -0.812. The van der Waals surface area contributed by atoms with Gasteiger partial charge in [0, 0.05) is 18.7 Å². The number of sulfonamides is 1. The normalized spacial score (nSPS) is 16.1. The Morgan fingerprint density at radius 2 is 1.81 bits per heavy atom. The molecule has 0 heterocycles. The van der Waals surface area contributed by atoms with Gasteiger partial charge in [-0.05, 0) is 47.6 Å². The second kappa shape index (κ2) is 7.45. The molecule has 3 rings (SSSR count). The van der Waals surface area contributed by atoms with E-state index in [2.05, 4.69) is 4.72 Å². The van der Waals surface area contributed by atoms with Gasteiger partial charge >= 0.3 is 5.97 Å². The van der Waals surface area contributed by atoms with Gasteiger partial charge in [-0.3, -0.25) is 14.9 Å². The van der Waals surface area contributed by atoms with Crippen molar-refractivity contribution in [2.24, 2.45) is 5.92 Å². The van der Waals surface area contributed by atoms with Crippen LogP contribution in [0.5, 0.6) is 0 Å². The third-order valence-electron chi connectivity index (χ3n) is 4.56. The number of aliphatic carboxylic acids is 1. The zero-order valence-electron chi connectivity index (χ0n) is 14.3. The molecule has 1 unspecified atom stereocenters. The lowest BCUT2D eigenvalue weighted by Crippen LogP contribution is -2.29. The summed E-state index contributed by atoms with van der Waals surface area (Å²) in [4.78, 5) is 20.9. The zero-order valence-corrected chi connectivity index (χ0v) is 15.1. The van der Waals surface area contributed by atoms with E-state index < -0.39 is 20.9 Å². The number of nitro groups is 1. The molecule has 0 aromatic heterocycles.